The van der Waals surface area contributed by atoms with E-state index in [1.165, 1.54) is 10.4 Å². The number of pyridine rings is 2. The van der Waals surface area contributed by atoms with E-state index >= 15 is 0 Å². The van der Waals surface area contributed by atoms with Crippen molar-refractivity contribution in [1.29, 1.82) is 0 Å². The number of fused-ring (bicyclic) bond motifs is 1. The number of hydrogen-bond donors (Lipinski definition) is 0. The van der Waals surface area contributed by atoms with Crippen LogP contribution in [0.4, 0.5) is 5.82 Å². The summed E-state index contributed by atoms with van der Waals surface area (Å²) in [7, 11) is 2.06. The maximum absolute atomic E-state index is 4.90. The van der Waals surface area contributed by atoms with E-state index in [-0.39, 0.29) is 0 Å². The number of hydrogen-bond acceptors (Lipinski definition) is 6. The molecule has 6 heteroatoms. The highest BCUT2D eigenvalue weighted by atomic mass is 32.1. The molecule has 0 amide bonds. The Labute approximate surface area is 156 Å². The summed E-state index contributed by atoms with van der Waals surface area (Å²) in [6, 6.07) is 7.94. The standard InChI is InChI=1S/C20H19N5S/c1-13-14(2)26-20-17(13)19(25(3)12-15-6-4-8-21-10-15)23-18(24-20)16-7-5-9-22-11-16/h4-11H,12H2,1-3H3. The number of aromatic nitrogens is 4. The van der Waals surface area contributed by atoms with Gasteiger partial charge in [-0.2, -0.15) is 0 Å². The molecule has 0 saturated carbocycles. The zero-order chi connectivity index (χ0) is 18.1. The highest BCUT2D eigenvalue weighted by Crippen LogP contribution is 2.36. The molecule has 0 aliphatic rings. The molecule has 0 unspecified atom stereocenters. The molecule has 0 bridgehead atoms. The first-order chi connectivity index (χ1) is 12.6. The van der Waals surface area contributed by atoms with Crippen LogP contribution < -0.4 is 4.90 Å². The van der Waals surface area contributed by atoms with Crippen LogP contribution in [-0.4, -0.2) is 27.0 Å². The lowest BCUT2D eigenvalue weighted by molar-refractivity contribution is 0.895. The molecular formula is C20H19N5S. The summed E-state index contributed by atoms with van der Waals surface area (Å²) in [6.07, 6.45) is 7.25. The Kier molecular flexibility index (Phi) is 4.34. The summed E-state index contributed by atoms with van der Waals surface area (Å²) in [5.41, 5.74) is 3.32. The molecule has 5 nitrogen and oxygen atoms in total. The third kappa shape index (κ3) is 3.04. The van der Waals surface area contributed by atoms with E-state index in [0.29, 0.717) is 5.82 Å². The average molecular weight is 361 g/mol. The number of nitrogens with zero attached hydrogens (tertiary/aromatic N) is 5. The van der Waals surface area contributed by atoms with Gasteiger partial charge in [-0.3, -0.25) is 9.97 Å². The fraction of sp³-hybridized carbons (Fsp3) is 0.200. The van der Waals surface area contributed by atoms with Crippen LogP contribution in [0.2, 0.25) is 0 Å². The predicted octanol–water partition coefficient (Wildman–Crippen LogP) is 4.40. The van der Waals surface area contributed by atoms with Crippen LogP contribution in [0.3, 0.4) is 0 Å². The molecular weight excluding hydrogens is 342 g/mol. The van der Waals surface area contributed by atoms with Crippen molar-refractivity contribution >= 4 is 27.4 Å². The first-order valence-electron chi connectivity index (χ1n) is 8.41. The summed E-state index contributed by atoms with van der Waals surface area (Å²) in [5, 5.41) is 1.13. The molecule has 4 heterocycles. The van der Waals surface area contributed by atoms with Crippen molar-refractivity contribution in [3.05, 3.63) is 65.1 Å². The van der Waals surface area contributed by atoms with Crippen LogP contribution in [0, 0.1) is 13.8 Å². The van der Waals surface area contributed by atoms with E-state index < -0.39 is 0 Å². The summed E-state index contributed by atoms with van der Waals surface area (Å²) < 4.78 is 0. The lowest BCUT2D eigenvalue weighted by atomic mass is 10.2. The molecule has 0 aliphatic heterocycles. The van der Waals surface area contributed by atoms with E-state index in [2.05, 4.69) is 41.8 Å². The molecule has 0 spiro atoms. The first-order valence-corrected chi connectivity index (χ1v) is 9.23. The number of rotatable bonds is 4. The maximum atomic E-state index is 4.90. The van der Waals surface area contributed by atoms with Crippen LogP contribution in [0.25, 0.3) is 21.6 Å². The second-order valence-electron chi connectivity index (χ2n) is 6.29. The molecule has 0 N–H and O–H groups in total. The monoisotopic (exact) mass is 361 g/mol. The van der Waals surface area contributed by atoms with Crippen molar-refractivity contribution in [2.75, 3.05) is 11.9 Å². The molecule has 0 saturated heterocycles. The molecule has 26 heavy (non-hydrogen) atoms. The Hall–Kier alpha value is -2.86. The van der Waals surface area contributed by atoms with Gasteiger partial charge < -0.3 is 4.90 Å². The normalized spacial score (nSPS) is 11.0. The molecule has 0 aliphatic carbocycles. The maximum Gasteiger partial charge on any atom is 0.164 e. The van der Waals surface area contributed by atoms with E-state index in [1.807, 2.05) is 24.4 Å². The van der Waals surface area contributed by atoms with Gasteiger partial charge in [0, 0.05) is 48.8 Å². The molecule has 0 atom stereocenters. The van der Waals surface area contributed by atoms with Crippen LogP contribution in [0.5, 0.6) is 0 Å². The van der Waals surface area contributed by atoms with Gasteiger partial charge in [-0.15, -0.1) is 11.3 Å². The van der Waals surface area contributed by atoms with Gasteiger partial charge in [0.15, 0.2) is 5.82 Å². The van der Waals surface area contributed by atoms with Crippen LogP contribution in [0.15, 0.2) is 49.1 Å². The van der Waals surface area contributed by atoms with Crippen molar-refractivity contribution in [1.82, 2.24) is 19.9 Å². The lowest BCUT2D eigenvalue weighted by Crippen LogP contribution is -2.18. The van der Waals surface area contributed by atoms with E-state index in [0.717, 1.165) is 33.7 Å². The zero-order valence-electron chi connectivity index (χ0n) is 15.0. The molecule has 4 aromatic heterocycles. The molecule has 0 aromatic carbocycles. The quantitative estimate of drug-likeness (QED) is 0.539. The minimum atomic E-state index is 0.708. The minimum Gasteiger partial charge on any atom is -0.355 e. The molecule has 130 valence electrons. The molecule has 4 rings (SSSR count). The Morgan fingerprint density at radius 1 is 1.00 bits per heavy atom. The van der Waals surface area contributed by atoms with Gasteiger partial charge in [0.2, 0.25) is 0 Å². The Bertz CT molecular complexity index is 1040. The van der Waals surface area contributed by atoms with Gasteiger partial charge in [0.25, 0.3) is 0 Å². The second-order valence-corrected chi connectivity index (χ2v) is 7.50. The van der Waals surface area contributed by atoms with Crippen molar-refractivity contribution < 1.29 is 0 Å². The average Bonchev–Trinajstić information content (AvgIpc) is 2.96. The third-order valence-corrected chi connectivity index (χ3v) is 5.53. The van der Waals surface area contributed by atoms with Gasteiger partial charge >= 0.3 is 0 Å². The first kappa shape index (κ1) is 16.6. The van der Waals surface area contributed by atoms with E-state index in [9.17, 15) is 0 Å². The molecule has 0 radical (unpaired) electrons. The highest BCUT2D eigenvalue weighted by molar-refractivity contribution is 7.18. The van der Waals surface area contributed by atoms with E-state index in [4.69, 9.17) is 9.97 Å². The number of aryl methyl sites for hydroxylation is 2. The van der Waals surface area contributed by atoms with Gasteiger partial charge in [0.05, 0.1) is 5.39 Å². The van der Waals surface area contributed by atoms with Gasteiger partial charge in [-0.1, -0.05) is 6.07 Å². The topological polar surface area (TPSA) is 54.8 Å². The third-order valence-electron chi connectivity index (χ3n) is 4.43. The largest absolute Gasteiger partial charge is 0.355 e. The van der Waals surface area contributed by atoms with Crippen LogP contribution in [-0.2, 0) is 6.54 Å². The van der Waals surface area contributed by atoms with Crippen molar-refractivity contribution in [2.45, 2.75) is 20.4 Å². The summed E-state index contributed by atoms with van der Waals surface area (Å²) in [5.74, 6) is 1.65. The fourth-order valence-corrected chi connectivity index (χ4v) is 3.99. The second kappa shape index (κ2) is 6.80. The van der Waals surface area contributed by atoms with Crippen LogP contribution >= 0.6 is 11.3 Å². The highest BCUT2D eigenvalue weighted by Gasteiger charge is 2.18. The Balaban J connectivity index is 1.85. The van der Waals surface area contributed by atoms with Crippen molar-refractivity contribution in [2.24, 2.45) is 0 Å². The fourth-order valence-electron chi connectivity index (χ4n) is 2.97. The number of anilines is 1. The van der Waals surface area contributed by atoms with Gasteiger partial charge in [0.1, 0.15) is 10.6 Å². The van der Waals surface area contributed by atoms with Crippen molar-refractivity contribution in [3.63, 3.8) is 0 Å². The molecule has 4 aromatic rings. The lowest BCUT2D eigenvalue weighted by Gasteiger charge is -2.20. The van der Waals surface area contributed by atoms with Gasteiger partial charge in [-0.05, 0) is 43.2 Å². The smallest absolute Gasteiger partial charge is 0.164 e. The molecule has 0 fully saturated rings. The summed E-state index contributed by atoms with van der Waals surface area (Å²) in [4.78, 5) is 22.6. The SMILES string of the molecule is Cc1sc2nc(-c3cccnc3)nc(N(C)Cc3cccnc3)c2c1C. The van der Waals surface area contributed by atoms with E-state index in [1.54, 1.807) is 29.9 Å². The summed E-state index contributed by atoms with van der Waals surface area (Å²) in [6.45, 7) is 5.01. The van der Waals surface area contributed by atoms with Crippen molar-refractivity contribution in [3.8, 4) is 11.4 Å². The zero-order valence-corrected chi connectivity index (χ0v) is 15.8. The minimum absolute atomic E-state index is 0.708. The summed E-state index contributed by atoms with van der Waals surface area (Å²) >= 11 is 1.71. The van der Waals surface area contributed by atoms with Gasteiger partial charge in [-0.25, -0.2) is 9.97 Å². The Morgan fingerprint density at radius 2 is 1.77 bits per heavy atom. The predicted molar refractivity (Wildman–Crippen MR) is 106 cm³/mol. The van der Waals surface area contributed by atoms with Crippen LogP contribution in [0.1, 0.15) is 16.0 Å². The number of thiophene rings is 1. The Morgan fingerprint density at radius 3 is 2.46 bits per heavy atom.